The molecule has 1 saturated heterocycles. The molecule has 0 bridgehead atoms. The van der Waals surface area contributed by atoms with Gasteiger partial charge in [0.25, 0.3) is 0 Å². The topological polar surface area (TPSA) is 60.9 Å². The van der Waals surface area contributed by atoms with Crippen molar-refractivity contribution in [2.45, 2.75) is 18.2 Å². The van der Waals surface area contributed by atoms with Crippen LogP contribution >= 0.6 is 0 Å². The molecule has 0 aliphatic carbocycles. The summed E-state index contributed by atoms with van der Waals surface area (Å²) < 4.78 is 26.6. The number of sulfonamides is 1. The quantitative estimate of drug-likeness (QED) is 0.862. The number of hydrogen-bond donors (Lipinski definition) is 1. The fourth-order valence-electron chi connectivity index (χ4n) is 2.39. The Morgan fingerprint density at radius 1 is 1.10 bits per heavy atom. The molecule has 1 aliphatic rings. The summed E-state index contributed by atoms with van der Waals surface area (Å²) in [7, 11) is -3.38. The minimum absolute atomic E-state index is 0.0745. The molecule has 1 heterocycles. The molecule has 5 nitrogen and oxygen atoms in total. The van der Waals surface area contributed by atoms with Crippen LogP contribution in [0.25, 0.3) is 0 Å². The second-order valence-electron chi connectivity index (χ2n) is 4.96. The van der Waals surface area contributed by atoms with Crippen molar-refractivity contribution in [2.75, 3.05) is 39.3 Å². The number of aliphatic hydroxyl groups excluding tert-OH is 1. The summed E-state index contributed by atoms with van der Waals surface area (Å²) in [6.45, 7) is 5.80. The lowest BCUT2D eigenvalue weighted by atomic mass is 10.2. The highest BCUT2D eigenvalue weighted by Gasteiger charge is 2.27. The molecule has 0 saturated carbocycles. The molecule has 0 aromatic heterocycles. The van der Waals surface area contributed by atoms with Crippen molar-refractivity contribution in [1.29, 1.82) is 0 Å². The SMILES string of the molecule is CCN1CCN(S(=O)(=O)c2ccc(CCO)cc2)CC1. The molecule has 1 aliphatic heterocycles. The monoisotopic (exact) mass is 298 g/mol. The minimum atomic E-state index is -3.38. The number of benzene rings is 1. The molecule has 0 spiro atoms. The van der Waals surface area contributed by atoms with Crippen LogP contribution in [0.1, 0.15) is 12.5 Å². The van der Waals surface area contributed by atoms with E-state index < -0.39 is 10.0 Å². The maximum absolute atomic E-state index is 12.5. The van der Waals surface area contributed by atoms with E-state index >= 15 is 0 Å². The zero-order chi connectivity index (χ0) is 14.6. The van der Waals surface area contributed by atoms with Crippen LogP contribution in [0.3, 0.4) is 0 Å². The summed E-state index contributed by atoms with van der Waals surface area (Å²) in [5, 5.41) is 8.87. The van der Waals surface area contributed by atoms with Crippen LogP contribution in [-0.2, 0) is 16.4 Å². The largest absolute Gasteiger partial charge is 0.396 e. The van der Waals surface area contributed by atoms with Gasteiger partial charge in [0.15, 0.2) is 0 Å². The molecule has 0 atom stereocenters. The zero-order valence-electron chi connectivity index (χ0n) is 11.8. The summed E-state index contributed by atoms with van der Waals surface area (Å²) in [6, 6.07) is 6.80. The summed E-state index contributed by atoms with van der Waals surface area (Å²) >= 11 is 0. The molecule has 1 aromatic rings. The molecule has 6 heteroatoms. The van der Waals surface area contributed by atoms with E-state index in [1.165, 1.54) is 0 Å². The van der Waals surface area contributed by atoms with E-state index in [-0.39, 0.29) is 6.61 Å². The van der Waals surface area contributed by atoms with Gasteiger partial charge < -0.3 is 10.0 Å². The Balaban J connectivity index is 2.10. The highest BCUT2D eigenvalue weighted by atomic mass is 32.2. The van der Waals surface area contributed by atoms with Crippen LogP contribution in [0.15, 0.2) is 29.2 Å². The highest BCUT2D eigenvalue weighted by Crippen LogP contribution is 2.18. The molecule has 20 heavy (non-hydrogen) atoms. The van der Waals surface area contributed by atoms with Gasteiger partial charge in [-0.3, -0.25) is 0 Å². The van der Waals surface area contributed by atoms with Crippen molar-refractivity contribution in [3.63, 3.8) is 0 Å². The predicted molar refractivity (Wildman–Crippen MR) is 78.1 cm³/mol. The van der Waals surface area contributed by atoms with Crippen LogP contribution in [0.2, 0.25) is 0 Å². The van der Waals surface area contributed by atoms with Crippen molar-refractivity contribution < 1.29 is 13.5 Å². The Bertz CT molecular complexity index is 520. The van der Waals surface area contributed by atoms with E-state index in [2.05, 4.69) is 11.8 Å². The Hall–Kier alpha value is -0.950. The predicted octanol–water partition coefficient (Wildman–Crippen LogP) is 0.548. The van der Waals surface area contributed by atoms with Gasteiger partial charge >= 0.3 is 0 Å². The van der Waals surface area contributed by atoms with E-state index in [0.29, 0.717) is 24.4 Å². The van der Waals surface area contributed by atoms with Crippen LogP contribution in [0, 0.1) is 0 Å². The van der Waals surface area contributed by atoms with Crippen LogP contribution in [-0.4, -0.2) is 62.1 Å². The summed E-state index contributed by atoms with van der Waals surface area (Å²) in [5.41, 5.74) is 0.947. The van der Waals surface area contributed by atoms with Crippen LogP contribution < -0.4 is 0 Å². The van der Waals surface area contributed by atoms with Crippen LogP contribution in [0.4, 0.5) is 0 Å². The average Bonchev–Trinajstić information content (AvgIpc) is 2.48. The molecule has 0 amide bonds. The molecule has 0 radical (unpaired) electrons. The fraction of sp³-hybridized carbons (Fsp3) is 0.571. The van der Waals surface area contributed by atoms with Gasteiger partial charge in [-0.25, -0.2) is 8.42 Å². The van der Waals surface area contributed by atoms with E-state index in [1.807, 2.05) is 0 Å². The van der Waals surface area contributed by atoms with E-state index in [4.69, 9.17) is 5.11 Å². The summed E-state index contributed by atoms with van der Waals surface area (Å²) in [6.07, 6.45) is 0.551. The maximum Gasteiger partial charge on any atom is 0.243 e. The van der Waals surface area contributed by atoms with Gasteiger partial charge in [0.2, 0.25) is 10.0 Å². The van der Waals surface area contributed by atoms with Crippen molar-refractivity contribution in [3.8, 4) is 0 Å². The first-order chi connectivity index (χ1) is 9.57. The first-order valence-corrected chi connectivity index (χ1v) is 8.44. The third-order valence-electron chi connectivity index (χ3n) is 3.74. The second-order valence-corrected chi connectivity index (χ2v) is 6.89. The molecule has 1 aromatic carbocycles. The van der Waals surface area contributed by atoms with E-state index in [9.17, 15) is 8.42 Å². The van der Waals surface area contributed by atoms with Gasteiger partial charge in [0.1, 0.15) is 0 Å². The molecule has 112 valence electrons. The third-order valence-corrected chi connectivity index (χ3v) is 5.65. The number of piperazine rings is 1. The van der Waals surface area contributed by atoms with Crippen molar-refractivity contribution in [2.24, 2.45) is 0 Å². The van der Waals surface area contributed by atoms with Crippen molar-refractivity contribution >= 4 is 10.0 Å². The molecule has 1 fully saturated rings. The lowest BCUT2D eigenvalue weighted by molar-refractivity contribution is 0.196. The number of likely N-dealkylation sites (N-methyl/N-ethyl adjacent to an activating group) is 1. The van der Waals surface area contributed by atoms with Crippen molar-refractivity contribution in [3.05, 3.63) is 29.8 Å². The third kappa shape index (κ3) is 3.38. The maximum atomic E-state index is 12.5. The Kier molecular flexibility index (Phi) is 5.15. The highest BCUT2D eigenvalue weighted by molar-refractivity contribution is 7.89. The van der Waals surface area contributed by atoms with Crippen molar-refractivity contribution in [1.82, 2.24) is 9.21 Å². The van der Waals surface area contributed by atoms with E-state index in [1.54, 1.807) is 28.6 Å². The average molecular weight is 298 g/mol. The van der Waals surface area contributed by atoms with Crippen LogP contribution in [0.5, 0.6) is 0 Å². The normalized spacial score (nSPS) is 18.3. The molecular weight excluding hydrogens is 276 g/mol. The smallest absolute Gasteiger partial charge is 0.243 e. The first kappa shape index (κ1) is 15.4. The summed E-state index contributed by atoms with van der Waals surface area (Å²) in [5.74, 6) is 0. The molecule has 1 N–H and O–H groups in total. The van der Waals surface area contributed by atoms with Gasteiger partial charge in [0, 0.05) is 32.8 Å². The Morgan fingerprint density at radius 3 is 2.20 bits per heavy atom. The lowest BCUT2D eigenvalue weighted by Gasteiger charge is -2.33. The number of hydrogen-bond acceptors (Lipinski definition) is 4. The molecular formula is C14H22N2O3S. The molecule has 0 unspecified atom stereocenters. The van der Waals surface area contributed by atoms with Gasteiger partial charge in [-0.15, -0.1) is 0 Å². The molecule has 2 rings (SSSR count). The number of aliphatic hydroxyl groups is 1. The zero-order valence-corrected chi connectivity index (χ0v) is 12.6. The fourth-order valence-corrected chi connectivity index (χ4v) is 3.81. The Morgan fingerprint density at radius 2 is 1.70 bits per heavy atom. The van der Waals surface area contributed by atoms with Gasteiger partial charge in [-0.1, -0.05) is 19.1 Å². The summed E-state index contributed by atoms with van der Waals surface area (Å²) in [4.78, 5) is 2.58. The Labute approximate surface area is 120 Å². The number of nitrogens with zero attached hydrogens (tertiary/aromatic N) is 2. The van der Waals surface area contributed by atoms with E-state index in [0.717, 1.165) is 25.2 Å². The van der Waals surface area contributed by atoms with Gasteiger partial charge in [-0.05, 0) is 30.7 Å². The second kappa shape index (κ2) is 6.67. The lowest BCUT2D eigenvalue weighted by Crippen LogP contribution is -2.48. The van der Waals surface area contributed by atoms with Gasteiger partial charge in [0.05, 0.1) is 4.90 Å². The number of rotatable bonds is 5. The minimum Gasteiger partial charge on any atom is -0.396 e. The van der Waals surface area contributed by atoms with Gasteiger partial charge in [-0.2, -0.15) is 4.31 Å². The standard InChI is InChI=1S/C14H22N2O3S/c1-2-15-8-10-16(11-9-15)20(18,19)14-5-3-13(4-6-14)7-12-17/h3-6,17H,2,7-12H2,1H3. The first-order valence-electron chi connectivity index (χ1n) is 7.00.